The van der Waals surface area contributed by atoms with Crippen molar-refractivity contribution in [3.05, 3.63) is 30.2 Å². The lowest BCUT2D eigenvalue weighted by Gasteiger charge is -2.24. The van der Waals surface area contributed by atoms with Gasteiger partial charge in [-0.2, -0.15) is 4.98 Å². The number of hydrogen-bond donors (Lipinski definition) is 2. The van der Waals surface area contributed by atoms with Gasteiger partial charge in [0.2, 0.25) is 0 Å². The number of aliphatic imine (C=N–C) groups is 1. The van der Waals surface area contributed by atoms with E-state index >= 15 is 0 Å². The van der Waals surface area contributed by atoms with Crippen molar-refractivity contribution in [2.24, 2.45) is 10.9 Å². The fraction of sp³-hybridized carbons (Fsp3) is 0.619. The minimum absolute atomic E-state index is 0.411. The maximum Gasteiger partial charge on any atom is 0.276 e. The number of guanidine groups is 1. The Morgan fingerprint density at radius 1 is 1.29 bits per heavy atom. The zero-order chi connectivity index (χ0) is 19.6. The van der Waals surface area contributed by atoms with E-state index in [1.807, 2.05) is 18.2 Å². The van der Waals surface area contributed by atoms with E-state index in [1.165, 1.54) is 44.9 Å². The molecule has 2 heterocycles. The van der Waals surface area contributed by atoms with Crippen LogP contribution in [0.25, 0.3) is 11.6 Å². The Hall–Kier alpha value is -2.44. The molecule has 1 aliphatic rings. The number of nitrogens with zero attached hydrogens (tertiary/aromatic N) is 4. The van der Waals surface area contributed by atoms with E-state index < -0.39 is 0 Å². The quantitative estimate of drug-likeness (QED) is 0.534. The van der Waals surface area contributed by atoms with Gasteiger partial charge in [-0.05, 0) is 37.8 Å². The molecule has 0 saturated heterocycles. The van der Waals surface area contributed by atoms with Gasteiger partial charge >= 0.3 is 0 Å². The van der Waals surface area contributed by atoms with Crippen LogP contribution in [0.3, 0.4) is 0 Å². The molecule has 1 aliphatic carbocycles. The van der Waals surface area contributed by atoms with Gasteiger partial charge in [0.05, 0.1) is 0 Å². The van der Waals surface area contributed by atoms with E-state index in [9.17, 15) is 0 Å². The fourth-order valence-corrected chi connectivity index (χ4v) is 3.70. The summed E-state index contributed by atoms with van der Waals surface area (Å²) in [6, 6.07) is 6.03. The van der Waals surface area contributed by atoms with Crippen molar-refractivity contribution >= 4 is 5.96 Å². The molecule has 0 amide bonds. The summed E-state index contributed by atoms with van der Waals surface area (Å²) in [4.78, 5) is 13.0. The van der Waals surface area contributed by atoms with E-state index in [1.54, 1.807) is 13.2 Å². The summed E-state index contributed by atoms with van der Waals surface area (Å²) < 4.78 is 5.29. The number of pyridine rings is 1. The first kappa shape index (κ1) is 20.3. The third-order valence-electron chi connectivity index (χ3n) is 5.33. The number of rotatable bonds is 8. The first-order valence-corrected chi connectivity index (χ1v) is 10.5. The molecule has 2 aromatic heterocycles. The molecule has 28 heavy (non-hydrogen) atoms. The average Bonchev–Trinajstić information content (AvgIpc) is 3.22. The van der Waals surface area contributed by atoms with Crippen molar-refractivity contribution in [3.63, 3.8) is 0 Å². The lowest BCUT2D eigenvalue weighted by atomic mass is 9.85. The first-order valence-electron chi connectivity index (χ1n) is 10.5. The first-order chi connectivity index (χ1) is 13.7. The predicted octanol–water partition coefficient (Wildman–Crippen LogP) is 3.59. The summed E-state index contributed by atoms with van der Waals surface area (Å²) >= 11 is 0. The van der Waals surface area contributed by atoms with Crippen LogP contribution in [0, 0.1) is 5.92 Å². The fourth-order valence-electron chi connectivity index (χ4n) is 3.70. The van der Waals surface area contributed by atoms with Crippen LogP contribution in [0.2, 0.25) is 0 Å². The molecule has 0 radical (unpaired) electrons. The Bertz CT molecular complexity index is 724. The van der Waals surface area contributed by atoms with Gasteiger partial charge in [-0.25, -0.2) is 0 Å². The van der Waals surface area contributed by atoms with E-state index in [0.29, 0.717) is 36.4 Å². The maximum atomic E-state index is 5.29. The molecule has 152 valence electrons. The molecular weight excluding hydrogens is 352 g/mol. The SMILES string of the molecule is CN=C(NCCc1noc(-c2ccccn2)n1)NC(C)CCC1CCCCC1. The summed E-state index contributed by atoms with van der Waals surface area (Å²) in [6.07, 6.45) is 11.9. The van der Waals surface area contributed by atoms with Gasteiger partial charge in [-0.3, -0.25) is 9.98 Å². The van der Waals surface area contributed by atoms with Crippen molar-refractivity contribution < 1.29 is 4.52 Å². The van der Waals surface area contributed by atoms with Crippen LogP contribution >= 0.6 is 0 Å². The van der Waals surface area contributed by atoms with Crippen molar-refractivity contribution in [1.29, 1.82) is 0 Å². The zero-order valence-corrected chi connectivity index (χ0v) is 17.0. The molecule has 1 saturated carbocycles. The largest absolute Gasteiger partial charge is 0.356 e. The molecule has 0 aliphatic heterocycles. The Balaban J connectivity index is 1.37. The molecule has 2 N–H and O–H groups in total. The Labute approximate surface area is 167 Å². The second-order valence-electron chi connectivity index (χ2n) is 7.61. The minimum Gasteiger partial charge on any atom is -0.356 e. The third-order valence-corrected chi connectivity index (χ3v) is 5.33. The molecule has 3 rings (SSSR count). The van der Waals surface area contributed by atoms with Gasteiger partial charge in [0.1, 0.15) is 5.69 Å². The molecule has 0 bridgehead atoms. The van der Waals surface area contributed by atoms with E-state index in [2.05, 4.69) is 37.7 Å². The van der Waals surface area contributed by atoms with E-state index in [0.717, 1.165) is 11.9 Å². The second-order valence-corrected chi connectivity index (χ2v) is 7.61. The predicted molar refractivity (Wildman–Crippen MR) is 111 cm³/mol. The van der Waals surface area contributed by atoms with Crippen LogP contribution in [0.4, 0.5) is 0 Å². The molecule has 1 unspecified atom stereocenters. The molecular formula is C21H32N6O. The highest BCUT2D eigenvalue weighted by Gasteiger charge is 2.15. The van der Waals surface area contributed by atoms with Crippen molar-refractivity contribution in [2.75, 3.05) is 13.6 Å². The standard InChI is InChI=1S/C21H32N6O/c1-16(11-12-17-8-4-3-5-9-17)25-21(22-2)24-15-13-19-26-20(28-27-19)18-10-6-7-14-23-18/h6-7,10,14,16-17H,3-5,8-9,11-13,15H2,1-2H3,(H2,22,24,25). The molecule has 0 aromatic carbocycles. The van der Waals surface area contributed by atoms with Gasteiger partial charge in [-0.1, -0.05) is 43.3 Å². The Morgan fingerprint density at radius 3 is 2.89 bits per heavy atom. The summed E-state index contributed by atoms with van der Waals surface area (Å²) in [5, 5.41) is 10.9. The van der Waals surface area contributed by atoms with Gasteiger partial charge in [0.25, 0.3) is 5.89 Å². The highest BCUT2D eigenvalue weighted by Crippen LogP contribution is 2.27. The Morgan fingerprint density at radius 2 is 2.14 bits per heavy atom. The van der Waals surface area contributed by atoms with Gasteiger partial charge < -0.3 is 15.2 Å². The van der Waals surface area contributed by atoms with Gasteiger partial charge in [0, 0.05) is 32.3 Å². The normalized spacial score (nSPS) is 16.7. The van der Waals surface area contributed by atoms with Crippen LogP contribution in [0.15, 0.2) is 33.9 Å². The summed E-state index contributed by atoms with van der Waals surface area (Å²) in [5.74, 6) is 2.85. The number of hydrogen-bond acceptors (Lipinski definition) is 5. The second kappa shape index (κ2) is 10.8. The minimum atomic E-state index is 0.411. The summed E-state index contributed by atoms with van der Waals surface area (Å²) in [5.41, 5.74) is 0.693. The number of aromatic nitrogens is 3. The van der Waals surface area contributed by atoms with Crippen molar-refractivity contribution in [3.8, 4) is 11.6 Å². The molecule has 1 atom stereocenters. The summed E-state index contributed by atoms with van der Waals surface area (Å²) in [6.45, 7) is 2.92. The van der Waals surface area contributed by atoms with Crippen LogP contribution in [-0.4, -0.2) is 40.7 Å². The molecule has 7 nitrogen and oxygen atoms in total. The Kier molecular flexibility index (Phi) is 7.82. The van der Waals surface area contributed by atoms with E-state index in [4.69, 9.17) is 4.52 Å². The van der Waals surface area contributed by atoms with Crippen molar-refractivity contribution in [1.82, 2.24) is 25.8 Å². The molecule has 0 spiro atoms. The van der Waals surface area contributed by atoms with Crippen LogP contribution in [-0.2, 0) is 6.42 Å². The van der Waals surface area contributed by atoms with Crippen molar-refractivity contribution in [2.45, 2.75) is 64.3 Å². The third kappa shape index (κ3) is 6.32. The molecule has 7 heteroatoms. The smallest absolute Gasteiger partial charge is 0.276 e. The highest BCUT2D eigenvalue weighted by atomic mass is 16.5. The molecule has 2 aromatic rings. The average molecular weight is 385 g/mol. The molecule has 1 fully saturated rings. The monoisotopic (exact) mass is 384 g/mol. The van der Waals surface area contributed by atoms with E-state index in [-0.39, 0.29) is 0 Å². The zero-order valence-electron chi connectivity index (χ0n) is 17.0. The lowest BCUT2D eigenvalue weighted by Crippen LogP contribution is -2.43. The maximum absolute atomic E-state index is 5.29. The van der Waals surface area contributed by atoms with Crippen LogP contribution < -0.4 is 10.6 Å². The topological polar surface area (TPSA) is 88.2 Å². The van der Waals surface area contributed by atoms with Gasteiger partial charge in [-0.15, -0.1) is 0 Å². The van der Waals surface area contributed by atoms with Crippen LogP contribution in [0.5, 0.6) is 0 Å². The lowest BCUT2D eigenvalue weighted by molar-refractivity contribution is 0.322. The number of nitrogens with one attached hydrogen (secondary N) is 2. The highest BCUT2D eigenvalue weighted by molar-refractivity contribution is 5.79. The van der Waals surface area contributed by atoms with Crippen LogP contribution in [0.1, 0.15) is 57.7 Å². The summed E-state index contributed by atoms with van der Waals surface area (Å²) in [7, 11) is 1.80. The van der Waals surface area contributed by atoms with Gasteiger partial charge in [0.15, 0.2) is 11.8 Å².